The van der Waals surface area contributed by atoms with Crippen LogP contribution in [0.4, 0.5) is 4.39 Å². The Morgan fingerprint density at radius 3 is 2.95 bits per heavy atom. The second-order valence-electron chi connectivity index (χ2n) is 4.23. The topological polar surface area (TPSA) is 62.5 Å². The Balaban J connectivity index is 2.15. The molecule has 1 amide bonds. The number of benzene rings is 1. The molecule has 108 valence electrons. The number of nitrogens with one attached hydrogen (secondary N) is 1. The lowest BCUT2D eigenvalue weighted by atomic mass is 10.1. The summed E-state index contributed by atoms with van der Waals surface area (Å²) in [5.41, 5.74) is 0.578. The van der Waals surface area contributed by atoms with Gasteiger partial charge in [-0.3, -0.25) is 4.79 Å². The molecule has 0 unspecified atom stereocenters. The number of aliphatic hydroxyl groups is 1. The van der Waals surface area contributed by atoms with E-state index < -0.39 is 11.7 Å². The summed E-state index contributed by atoms with van der Waals surface area (Å²) in [6.45, 7) is 0.153. The Labute approximate surface area is 121 Å². The highest BCUT2D eigenvalue weighted by Crippen LogP contribution is 2.11. The smallest absolute Gasteiger partial charge is 0.253 e. The molecule has 2 rings (SSSR count). The van der Waals surface area contributed by atoms with Gasteiger partial charge in [-0.2, -0.15) is 0 Å². The van der Waals surface area contributed by atoms with Gasteiger partial charge in [-0.25, -0.2) is 4.39 Å². The molecule has 21 heavy (non-hydrogen) atoms. The molecular weight excluding hydrogens is 273 g/mol. The van der Waals surface area contributed by atoms with Gasteiger partial charge < -0.3 is 14.8 Å². The van der Waals surface area contributed by atoms with Crippen LogP contribution in [0.2, 0.25) is 0 Å². The van der Waals surface area contributed by atoms with Gasteiger partial charge in [0.2, 0.25) is 0 Å². The molecule has 0 spiro atoms. The zero-order chi connectivity index (χ0) is 15.1. The van der Waals surface area contributed by atoms with E-state index in [0.29, 0.717) is 17.7 Å². The number of furan rings is 1. The zero-order valence-corrected chi connectivity index (χ0v) is 11.2. The summed E-state index contributed by atoms with van der Waals surface area (Å²) in [7, 11) is 0. The zero-order valence-electron chi connectivity index (χ0n) is 11.2. The van der Waals surface area contributed by atoms with Crippen LogP contribution in [0.5, 0.6) is 0 Å². The summed E-state index contributed by atoms with van der Waals surface area (Å²) in [6, 6.07) is 7.28. The SMILES string of the molecule is O=C(NCc1ccco1)c1cc(F)ccc1C#CCCO. The van der Waals surface area contributed by atoms with Gasteiger partial charge in [0, 0.05) is 12.0 Å². The number of hydrogen-bond acceptors (Lipinski definition) is 3. The van der Waals surface area contributed by atoms with Crippen LogP contribution in [0.3, 0.4) is 0 Å². The van der Waals surface area contributed by atoms with Gasteiger partial charge in [0.25, 0.3) is 5.91 Å². The van der Waals surface area contributed by atoms with E-state index in [4.69, 9.17) is 9.52 Å². The Morgan fingerprint density at radius 2 is 2.24 bits per heavy atom. The minimum atomic E-state index is -0.508. The number of halogens is 1. The van der Waals surface area contributed by atoms with E-state index in [1.165, 1.54) is 18.4 Å². The van der Waals surface area contributed by atoms with Crippen molar-refractivity contribution in [3.63, 3.8) is 0 Å². The van der Waals surface area contributed by atoms with Crippen LogP contribution in [-0.4, -0.2) is 17.6 Å². The molecule has 2 aromatic rings. The number of aliphatic hydroxyl groups excluding tert-OH is 1. The fraction of sp³-hybridized carbons (Fsp3) is 0.188. The number of amides is 1. The second-order valence-corrected chi connectivity index (χ2v) is 4.23. The van der Waals surface area contributed by atoms with E-state index in [9.17, 15) is 9.18 Å². The first-order valence-electron chi connectivity index (χ1n) is 6.40. The summed E-state index contributed by atoms with van der Waals surface area (Å²) in [5.74, 6) is 5.13. The Kier molecular flexibility index (Phi) is 5.13. The van der Waals surface area contributed by atoms with Crippen LogP contribution in [-0.2, 0) is 6.54 Å². The standard InChI is InChI=1S/C16H14FNO3/c17-13-7-6-12(4-1-2-8-19)15(10-13)16(20)18-11-14-5-3-9-21-14/h3,5-7,9-10,19H,2,8,11H2,(H,18,20). The normalized spacial score (nSPS) is 9.81. The Morgan fingerprint density at radius 1 is 1.38 bits per heavy atom. The van der Waals surface area contributed by atoms with Gasteiger partial charge in [-0.1, -0.05) is 11.8 Å². The first-order chi connectivity index (χ1) is 10.2. The Hall–Kier alpha value is -2.58. The Bertz CT molecular complexity index is 669. The van der Waals surface area contributed by atoms with Gasteiger partial charge in [0.1, 0.15) is 11.6 Å². The predicted octanol–water partition coefficient (Wildman–Crippen LogP) is 2.08. The summed E-state index contributed by atoms with van der Waals surface area (Å²) < 4.78 is 18.4. The summed E-state index contributed by atoms with van der Waals surface area (Å²) in [6.07, 6.45) is 1.81. The monoisotopic (exact) mass is 287 g/mol. The maximum absolute atomic E-state index is 13.3. The summed E-state index contributed by atoms with van der Waals surface area (Å²) >= 11 is 0. The highest BCUT2D eigenvalue weighted by Gasteiger charge is 2.11. The molecule has 2 N–H and O–H groups in total. The molecule has 1 heterocycles. The molecule has 0 saturated carbocycles. The molecule has 1 aromatic carbocycles. The van der Waals surface area contributed by atoms with E-state index in [2.05, 4.69) is 17.2 Å². The molecule has 0 fully saturated rings. The van der Waals surface area contributed by atoms with Crippen molar-refractivity contribution in [1.82, 2.24) is 5.32 Å². The summed E-state index contributed by atoms with van der Waals surface area (Å²) in [4.78, 5) is 12.1. The third kappa shape index (κ3) is 4.20. The first-order valence-corrected chi connectivity index (χ1v) is 6.40. The van der Waals surface area contributed by atoms with Gasteiger partial charge >= 0.3 is 0 Å². The highest BCUT2D eigenvalue weighted by molar-refractivity contribution is 5.96. The number of carbonyl (C=O) groups is 1. The van der Waals surface area contributed by atoms with Gasteiger partial charge in [0.05, 0.1) is 25.0 Å². The van der Waals surface area contributed by atoms with Crippen molar-refractivity contribution in [2.75, 3.05) is 6.61 Å². The van der Waals surface area contributed by atoms with Crippen LogP contribution in [0.25, 0.3) is 0 Å². The minimum absolute atomic E-state index is 0.0613. The molecule has 0 atom stereocenters. The predicted molar refractivity (Wildman–Crippen MR) is 74.9 cm³/mol. The number of rotatable bonds is 4. The molecule has 0 aliphatic heterocycles. The lowest BCUT2D eigenvalue weighted by Crippen LogP contribution is -2.23. The van der Waals surface area contributed by atoms with Crippen LogP contribution < -0.4 is 5.32 Å². The largest absolute Gasteiger partial charge is 0.467 e. The van der Waals surface area contributed by atoms with Crippen LogP contribution in [0.1, 0.15) is 28.1 Å². The molecule has 5 heteroatoms. The van der Waals surface area contributed by atoms with Crippen molar-refractivity contribution in [3.05, 3.63) is 59.3 Å². The van der Waals surface area contributed by atoms with E-state index in [1.54, 1.807) is 12.1 Å². The maximum atomic E-state index is 13.3. The van der Waals surface area contributed by atoms with E-state index in [-0.39, 0.29) is 18.7 Å². The quantitative estimate of drug-likeness (QED) is 0.846. The van der Waals surface area contributed by atoms with Crippen molar-refractivity contribution in [2.24, 2.45) is 0 Å². The molecule has 0 saturated heterocycles. The molecule has 0 bridgehead atoms. The summed E-state index contributed by atoms with van der Waals surface area (Å²) in [5, 5.41) is 11.3. The van der Waals surface area contributed by atoms with Crippen molar-refractivity contribution < 1.29 is 18.7 Å². The van der Waals surface area contributed by atoms with E-state index in [0.717, 1.165) is 6.07 Å². The molecule has 4 nitrogen and oxygen atoms in total. The van der Waals surface area contributed by atoms with Crippen molar-refractivity contribution in [1.29, 1.82) is 0 Å². The van der Waals surface area contributed by atoms with Crippen molar-refractivity contribution in [3.8, 4) is 11.8 Å². The third-order valence-electron chi connectivity index (χ3n) is 2.69. The van der Waals surface area contributed by atoms with Crippen LogP contribution in [0.15, 0.2) is 41.0 Å². The number of hydrogen-bond donors (Lipinski definition) is 2. The molecule has 0 aliphatic carbocycles. The van der Waals surface area contributed by atoms with Gasteiger partial charge in [-0.05, 0) is 30.3 Å². The highest BCUT2D eigenvalue weighted by atomic mass is 19.1. The van der Waals surface area contributed by atoms with Crippen LogP contribution >= 0.6 is 0 Å². The maximum Gasteiger partial charge on any atom is 0.253 e. The van der Waals surface area contributed by atoms with E-state index >= 15 is 0 Å². The van der Waals surface area contributed by atoms with Gasteiger partial charge in [0.15, 0.2) is 0 Å². The second kappa shape index (κ2) is 7.27. The lowest BCUT2D eigenvalue weighted by molar-refractivity contribution is 0.0947. The minimum Gasteiger partial charge on any atom is -0.467 e. The van der Waals surface area contributed by atoms with Crippen LogP contribution in [0, 0.1) is 17.7 Å². The van der Waals surface area contributed by atoms with Crippen molar-refractivity contribution in [2.45, 2.75) is 13.0 Å². The molecule has 0 radical (unpaired) electrons. The molecular formula is C16H14FNO3. The number of carbonyl (C=O) groups excluding carboxylic acids is 1. The third-order valence-corrected chi connectivity index (χ3v) is 2.69. The fourth-order valence-electron chi connectivity index (χ4n) is 1.70. The van der Waals surface area contributed by atoms with E-state index in [1.807, 2.05) is 0 Å². The van der Waals surface area contributed by atoms with Crippen molar-refractivity contribution >= 4 is 5.91 Å². The fourth-order valence-corrected chi connectivity index (χ4v) is 1.70. The first kappa shape index (κ1) is 14.8. The molecule has 0 aliphatic rings. The lowest BCUT2D eigenvalue weighted by Gasteiger charge is -2.06. The average Bonchev–Trinajstić information content (AvgIpc) is 3.00. The average molecular weight is 287 g/mol. The molecule has 1 aromatic heterocycles. The van der Waals surface area contributed by atoms with Gasteiger partial charge in [-0.15, -0.1) is 0 Å².